The van der Waals surface area contributed by atoms with Gasteiger partial charge in [-0.15, -0.1) is 0 Å². The van der Waals surface area contributed by atoms with Crippen molar-refractivity contribution in [2.24, 2.45) is 0 Å². The average Bonchev–Trinajstić information content (AvgIpc) is 3.40. The van der Waals surface area contributed by atoms with Gasteiger partial charge in [0.2, 0.25) is 0 Å². The Morgan fingerprint density at radius 2 is 1.56 bits per heavy atom. The molecule has 0 saturated heterocycles. The number of para-hydroxylation sites is 1. The molecule has 0 aliphatic heterocycles. The molecule has 0 spiro atoms. The Bertz CT molecular complexity index is 1740. The van der Waals surface area contributed by atoms with E-state index < -0.39 is 0 Å². The van der Waals surface area contributed by atoms with Crippen LogP contribution in [0.5, 0.6) is 0 Å². The Labute approximate surface area is 210 Å². The summed E-state index contributed by atoms with van der Waals surface area (Å²) in [5.74, 6) is 0. The highest BCUT2D eigenvalue weighted by Crippen LogP contribution is 2.48. The van der Waals surface area contributed by atoms with Gasteiger partial charge >= 0.3 is 0 Å². The molecule has 0 radical (unpaired) electrons. The first-order valence-corrected chi connectivity index (χ1v) is 12.7. The first-order valence-electron chi connectivity index (χ1n) is 12.7. The first-order chi connectivity index (χ1) is 17.6. The lowest BCUT2D eigenvalue weighted by Gasteiger charge is -2.42. The fourth-order valence-corrected chi connectivity index (χ4v) is 6.07. The van der Waals surface area contributed by atoms with Gasteiger partial charge in [0.05, 0.1) is 28.1 Å². The van der Waals surface area contributed by atoms with E-state index in [1.165, 1.54) is 45.2 Å². The van der Waals surface area contributed by atoms with Crippen LogP contribution in [0, 0.1) is 13.8 Å². The summed E-state index contributed by atoms with van der Waals surface area (Å²) in [6.07, 6.45) is 5.44. The third-order valence-electron chi connectivity index (χ3n) is 7.93. The molecule has 1 fully saturated rings. The van der Waals surface area contributed by atoms with Crippen LogP contribution in [0.15, 0.2) is 97.2 Å². The van der Waals surface area contributed by atoms with Crippen LogP contribution < -0.4 is 0 Å². The lowest BCUT2D eigenvalue weighted by Crippen LogP contribution is -2.36. The Morgan fingerprint density at radius 3 is 2.31 bits per heavy atom. The largest absolute Gasteiger partial charge is 0.309 e. The zero-order valence-electron chi connectivity index (χ0n) is 20.6. The van der Waals surface area contributed by atoms with E-state index in [-0.39, 0.29) is 5.41 Å². The summed E-state index contributed by atoms with van der Waals surface area (Å²) in [5, 5.41) is 7.26. The molecule has 3 heterocycles. The molecule has 6 aromatic rings. The Kier molecular flexibility index (Phi) is 4.65. The predicted octanol–water partition coefficient (Wildman–Crippen LogP) is 7.45. The van der Waals surface area contributed by atoms with Crippen LogP contribution in [-0.4, -0.2) is 19.3 Å². The van der Waals surface area contributed by atoms with Gasteiger partial charge in [-0.1, -0.05) is 48.9 Å². The van der Waals surface area contributed by atoms with Gasteiger partial charge in [0.1, 0.15) is 0 Å². The molecule has 4 heteroatoms. The minimum Gasteiger partial charge on any atom is -0.309 e. The highest BCUT2D eigenvalue weighted by atomic mass is 15.3. The smallest absolute Gasteiger partial charge is 0.0670 e. The van der Waals surface area contributed by atoms with Crippen LogP contribution in [0.25, 0.3) is 33.2 Å². The van der Waals surface area contributed by atoms with Crippen molar-refractivity contribution in [1.82, 2.24) is 19.3 Å². The lowest BCUT2D eigenvalue weighted by molar-refractivity contribution is 0.293. The number of rotatable bonds is 4. The fraction of sp³-hybridized carbons (Fsp3) is 0.188. The number of aryl methyl sites for hydroxylation is 2. The monoisotopic (exact) mass is 468 g/mol. The van der Waals surface area contributed by atoms with E-state index in [1.54, 1.807) is 0 Å². The molecule has 0 amide bonds. The maximum absolute atomic E-state index is 4.78. The van der Waals surface area contributed by atoms with E-state index in [9.17, 15) is 0 Å². The van der Waals surface area contributed by atoms with E-state index in [0.29, 0.717) is 0 Å². The maximum atomic E-state index is 4.78. The van der Waals surface area contributed by atoms with Gasteiger partial charge in [-0.05, 0) is 80.8 Å². The molecule has 0 N–H and O–H groups in total. The second kappa shape index (κ2) is 7.92. The van der Waals surface area contributed by atoms with Gasteiger partial charge in [-0.2, -0.15) is 5.10 Å². The van der Waals surface area contributed by atoms with Crippen molar-refractivity contribution >= 4 is 21.8 Å². The molecule has 0 bridgehead atoms. The number of hydrogen-bond acceptors (Lipinski definition) is 2. The van der Waals surface area contributed by atoms with Crippen LogP contribution >= 0.6 is 0 Å². The molecule has 3 aromatic carbocycles. The van der Waals surface area contributed by atoms with E-state index in [2.05, 4.69) is 96.4 Å². The van der Waals surface area contributed by atoms with Crippen LogP contribution in [0.3, 0.4) is 0 Å². The number of fused-ring (bicyclic) bond motifs is 3. The Morgan fingerprint density at radius 1 is 0.722 bits per heavy atom. The maximum Gasteiger partial charge on any atom is 0.0670 e. The SMILES string of the molecule is Cc1cc(C)n(-c2ccc3c4ccccc4n(-c4cccc(C5(c6ccccn6)CCC5)c4)c3c2)n1. The van der Waals surface area contributed by atoms with Gasteiger partial charge < -0.3 is 4.57 Å². The highest BCUT2D eigenvalue weighted by molar-refractivity contribution is 6.09. The highest BCUT2D eigenvalue weighted by Gasteiger charge is 2.41. The number of hydrogen-bond donors (Lipinski definition) is 0. The van der Waals surface area contributed by atoms with Crippen molar-refractivity contribution in [2.75, 3.05) is 0 Å². The fourth-order valence-electron chi connectivity index (χ4n) is 6.07. The second-order valence-electron chi connectivity index (χ2n) is 10.1. The van der Waals surface area contributed by atoms with Crippen molar-refractivity contribution < 1.29 is 0 Å². The first kappa shape index (κ1) is 21.1. The number of benzene rings is 3. The summed E-state index contributed by atoms with van der Waals surface area (Å²) in [6.45, 7) is 4.15. The summed E-state index contributed by atoms with van der Waals surface area (Å²) >= 11 is 0. The molecule has 1 saturated carbocycles. The topological polar surface area (TPSA) is 35.6 Å². The summed E-state index contributed by atoms with van der Waals surface area (Å²) < 4.78 is 4.45. The molecular formula is C32H28N4. The van der Waals surface area contributed by atoms with Crippen molar-refractivity contribution in [2.45, 2.75) is 38.5 Å². The Hall–Kier alpha value is -4.18. The third kappa shape index (κ3) is 3.07. The van der Waals surface area contributed by atoms with E-state index in [1.807, 2.05) is 23.9 Å². The van der Waals surface area contributed by atoms with E-state index in [0.717, 1.165) is 29.9 Å². The molecule has 176 valence electrons. The van der Waals surface area contributed by atoms with E-state index >= 15 is 0 Å². The minimum atomic E-state index is 0.00485. The van der Waals surface area contributed by atoms with Gasteiger partial charge in [0.25, 0.3) is 0 Å². The molecule has 3 aromatic heterocycles. The number of aromatic nitrogens is 4. The molecule has 1 aliphatic carbocycles. The van der Waals surface area contributed by atoms with Gasteiger partial charge in [0, 0.05) is 33.8 Å². The zero-order chi connectivity index (χ0) is 24.3. The number of pyridine rings is 1. The third-order valence-corrected chi connectivity index (χ3v) is 7.93. The van der Waals surface area contributed by atoms with E-state index in [4.69, 9.17) is 10.1 Å². The Balaban J connectivity index is 1.46. The van der Waals surface area contributed by atoms with Gasteiger partial charge in [0.15, 0.2) is 0 Å². The second-order valence-corrected chi connectivity index (χ2v) is 10.1. The van der Waals surface area contributed by atoms with Crippen molar-refractivity contribution in [1.29, 1.82) is 0 Å². The van der Waals surface area contributed by atoms with Crippen LogP contribution in [-0.2, 0) is 5.41 Å². The summed E-state index contributed by atoms with van der Waals surface area (Å²) in [5.41, 5.74) is 9.39. The quantitative estimate of drug-likeness (QED) is 0.269. The molecule has 1 aliphatic rings. The van der Waals surface area contributed by atoms with Gasteiger partial charge in [-0.25, -0.2) is 4.68 Å². The standard InChI is InChI=1S/C32H28N4/c1-22-19-23(2)36(34-22)26-14-15-28-27-11-3-4-12-29(27)35(30(28)21-26)25-10-7-9-24(20-25)32(16-8-17-32)31-13-5-6-18-33-31/h3-7,9-15,18-21H,8,16-17H2,1-2H3. The lowest BCUT2D eigenvalue weighted by atomic mass is 9.62. The zero-order valence-corrected chi connectivity index (χ0v) is 20.6. The molecule has 7 rings (SSSR count). The normalized spacial score (nSPS) is 14.8. The van der Waals surface area contributed by atoms with Crippen LogP contribution in [0.2, 0.25) is 0 Å². The molecule has 0 unspecified atom stereocenters. The van der Waals surface area contributed by atoms with Crippen molar-refractivity contribution in [3.8, 4) is 11.4 Å². The molecule has 0 atom stereocenters. The minimum absolute atomic E-state index is 0.00485. The molecule has 36 heavy (non-hydrogen) atoms. The molecular weight excluding hydrogens is 440 g/mol. The van der Waals surface area contributed by atoms with Crippen molar-refractivity contribution in [3.63, 3.8) is 0 Å². The van der Waals surface area contributed by atoms with Crippen LogP contribution in [0.1, 0.15) is 41.9 Å². The number of nitrogens with zero attached hydrogens (tertiary/aromatic N) is 4. The van der Waals surface area contributed by atoms with Crippen molar-refractivity contribution in [3.05, 3.63) is 120 Å². The predicted molar refractivity (Wildman–Crippen MR) is 146 cm³/mol. The summed E-state index contributed by atoms with van der Waals surface area (Å²) in [7, 11) is 0. The average molecular weight is 469 g/mol. The molecule has 4 nitrogen and oxygen atoms in total. The summed E-state index contributed by atoms with van der Waals surface area (Å²) in [6, 6.07) is 32.9. The summed E-state index contributed by atoms with van der Waals surface area (Å²) in [4.78, 5) is 4.78. The van der Waals surface area contributed by atoms with Gasteiger partial charge in [-0.3, -0.25) is 4.98 Å². The van der Waals surface area contributed by atoms with Crippen LogP contribution in [0.4, 0.5) is 0 Å².